The zero-order chi connectivity index (χ0) is 6.69. The minimum Gasteiger partial charge on any atom is -0.389 e. The summed E-state index contributed by atoms with van der Waals surface area (Å²) in [5, 5.41) is 8.91. The summed E-state index contributed by atoms with van der Waals surface area (Å²) in [6.45, 7) is 0. The first kappa shape index (κ1) is 6.23. The lowest BCUT2D eigenvalue weighted by Gasteiger charge is -1.96. The molecule has 1 aliphatic rings. The number of carbonyl (C=O) groups is 1. The van der Waals surface area contributed by atoms with Gasteiger partial charge in [0.1, 0.15) is 0 Å². The van der Waals surface area contributed by atoms with Crippen molar-refractivity contribution in [3.05, 3.63) is 24.3 Å². The van der Waals surface area contributed by atoms with Crippen molar-refractivity contribution in [2.75, 3.05) is 0 Å². The molecule has 0 fully saturated rings. The highest BCUT2D eigenvalue weighted by Gasteiger charge is 2.05. The van der Waals surface area contributed by atoms with Crippen LogP contribution in [0.2, 0.25) is 0 Å². The fraction of sp³-hybridized carbons (Fsp3) is 0.286. The minimum atomic E-state index is -0.590. The summed E-state index contributed by atoms with van der Waals surface area (Å²) >= 11 is 0. The Morgan fingerprint density at radius 3 is 3.11 bits per heavy atom. The van der Waals surface area contributed by atoms with Crippen LogP contribution >= 0.6 is 0 Å². The quantitative estimate of drug-likeness (QED) is 0.508. The number of allylic oxidation sites excluding steroid dienone is 3. The number of aliphatic hydroxyl groups excluding tert-OH is 1. The molecule has 0 aromatic carbocycles. The number of aliphatic hydroxyl groups is 1. The Bertz CT molecular complexity index is 168. The van der Waals surface area contributed by atoms with Gasteiger partial charge in [-0.3, -0.25) is 4.79 Å². The molecule has 0 amide bonds. The van der Waals surface area contributed by atoms with E-state index in [1.165, 1.54) is 6.08 Å². The molecular weight excluding hydrogens is 116 g/mol. The predicted molar refractivity (Wildman–Crippen MR) is 33.9 cm³/mol. The third-order valence-corrected chi connectivity index (χ3v) is 1.14. The zero-order valence-corrected chi connectivity index (χ0v) is 4.95. The van der Waals surface area contributed by atoms with Gasteiger partial charge in [-0.15, -0.1) is 0 Å². The number of rotatable bonds is 0. The first-order valence-electron chi connectivity index (χ1n) is 2.85. The molecule has 0 saturated heterocycles. The van der Waals surface area contributed by atoms with Gasteiger partial charge >= 0.3 is 0 Å². The van der Waals surface area contributed by atoms with Crippen LogP contribution in [0.15, 0.2) is 24.3 Å². The van der Waals surface area contributed by atoms with Crippen molar-refractivity contribution in [3.63, 3.8) is 0 Å². The van der Waals surface area contributed by atoms with E-state index in [1.54, 1.807) is 18.2 Å². The van der Waals surface area contributed by atoms with Gasteiger partial charge in [0, 0.05) is 6.42 Å². The molecule has 0 aromatic heterocycles. The standard InChI is InChI=1S/C7H8O2/c8-6-3-1-2-4-7(9)5-6/h1-4,6,8H,5H2. The monoisotopic (exact) mass is 124 g/mol. The average Bonchev–Trinajstić information content (AvgIpc) is 1.93. The van der Waals surface area contributed by atoms with Crippen LogP contribution in [-0.2, 0) is 4.79 Å². The van der Waals surface area contributed by atoms with Crippen LogP contribution in [0, 0.1) is 0 Å². The van der Waals surface area contributed by atoms with E-state index < -0.39 is 6.10 Å². The van der Waals surface area contributed by atoms with Crippen molar-refractivity contribution in [1.29, 1.82) is 0 Å². The molecule has 2 nitrogen and oxygen atoms in total. The molecule has 1 atom stereocenters. The summed E-state index contributed by atoms with van der Waals surface area (Å²) in [6.07, 6.45) is 6.00. The number of hydrogen-bond acceptors (Lipinski definition) is 2. The van der Waals surface area contributed by atoms with E-state index >= 15 is 0 Å². The molecule has 48 valence electrons. The third-order valence-electron chi connectivity index (χ3n) is 1.14. The number of carbonyl (C=O) groups excluding carboxylic acids is 1. The molecule has 0 radical (unpaired) electrons. The molecule has 0 aliphatic heterocycles. The lowest BCUT2D eigenvalue weighted by molar-refractivity contribution is -0.115. The molecule has 9 heavy (non-hydrogen) atoms. The van der Waals surface area contributed by atoms with Crippen LogP contribution in [0.25, 0.3) is 0 Å². The molecule has 1 rings (SSSR count). The van der Waals surface area contributed by atoms with Crippen LogP contribution in [0.4, 0.5) is 0 Å². The van der Waals surface area contributed by atoms with E-state index in [1.807, 2.05) is 0 Å². The van der Waals surface area contributed by atoms with Gasteiger partial charge in [0.2, 0.25) is 0 Å². The maximum Gasteiger partial charge on any atom is 0.158 e. The first-order chi connectivity index (χ1) is 4.29. The molecule has 1 unspecified atom stereocenters. The van der Waals surface area contributed by atoms with Crippen LogP contribution < -0.4 is 0 Å². The van der Waals surface area contributed by atoms with Crippen LogP contribution in [0.5, 0.6) is 0 Å². The third kappa shape index (κ3) is 1.82. The fourth-order valence-electron chi connectivity index (χ4n) is 0.697. The molecule has 1 aliphatic carbocycles. The second kappa shape index (κ2) is 2.60. The molecule has 0 aromatic rings. The van der Waals surface area contributed by atoms with Gasteiger partial charge in [0.25, 0.3) is 0 Å². The molecule has 0 heterocycles. The van der Waals surface area contributed by atoms with Gasteiger partial charge in [-0.25, -0.2) is 0 Å². The Morgan fingerprint density at radius 2 is 2.33 bits per heavy atom. The van der Waals surface area contributed by atoms with Gasteiger partial charge in [0.15, 0.2) is 5.78 Å². The lowest BCUT2D eigenvalue weighted by Crippen LogP contribution is -2.06. The predicted octanol–water partition coefficient (Wildman–Crippen LogP) is 0.432. The van der Waals surface area contributed by atoms with Crippen LogP contribution in [-0.4, -0.2) is 17.0 Å². The zero-order valence-electron chi connectivity index (χ0n) is 4.95. The van der Waals surface area contributed by atoms with E-state index in [9.17, 15) is 4.79 Å². The van der Waals surface area contributed by atoms with Crippen LogP contribution in [0.3, 0.4) is 0 Å². The second-order valence-corrected chi connectivity index (χ2v) is 1.98. The molecule has 1 N–H and O–H groups in total. The Morgan fingerprint density at radius 1 is 1.56 bits per heavy atom. The normalized spacial score (nSPS) is 26.3. The highest BCUT2D eigenvalue weighted by molar-refractivity contribution is 5.90. The Kier molecular flexibility index (Phi) is 1.80. The number of hydrogen-bond donors (Lipinski definition) is 1. The summed E-state index contributed by atoms with van der Waals surface area (Å²) in [7, 11) is 0. The van der Waals surface area contributed by atoms with Crippen molar-refractivity contribution in [2.45, 2.75) is 12.5 Å². The van der Waals surface area contributed by atoms with E-state index in [4.69, 9.17) is 5.11 Å². The van der Waals surface area contributed by atoms with E-state index in [0.717, 1.165) is 0 Å². The summed E-state index contributed by atoms with van der Waals surface area (Å²) in [5.74, 6) is -0.0208. The maximum absolute atomic E-state index is 10.6. The van der Waals surface area contributed by atoms with Gasteiger partial charge in [0.05, 0.1) is 6.10 Å². The highest BCUT2D eigenvalue weighted by atomic mass is 16.3. The Balaban J connectivity index is 2.64. The van der Waals surface area contributed by atoms with E-state index in [0.29, 0.717) is 0 Å². The lowest BCUT2D eigenvalue weighted by atomic mass is 10.2. The minimum absolute atomic E-state index is 0.0208. The van der Waals surface area contributed by atoms with Gasteiger partial charge < -0.3 is 5.11 Å². The molecule has 2 heteroatoms. The summed E-state index contributed by atoms with van der Waals surface area (Å²) < 4.78 is 0. The van der Waals surface area contributed by atoms with Crippen molar-refractivity contribution in [1.82, 2.24) is 0 Å². The second-order valence-electron chi connectivity index (χ2n) is 1.98. The van der Waals surface area contributed by atoms with Gasteiger partial charge in [-0.05, 0) is 6.08 Å². The average molecular weight is 124 g/mol. The highest BCUT2D eigenvalue weighted by Crippen LogP contribution is 2.00. The molecule has 0 saturated carbocycles. The van der Waals surface area contributed by atoms with Crippen molar-refractivity contribution < 1.29 is 9.90 Å². The van der Waals surface area contributed by atoms with Crippen LogP contribution in [0.1, 0.15) is 6.42 Å². The summed E-state index contributed by atoms with van der Waals surface area (Å²) in [4.78, 5) is 10.6. The van der Waals surface area contributed by atoms with Gasteiger partial charge in [-0.2, -0.15) is 0 Å². The topological polar surface area (TPSA) is 37.3 Å². The summed E-state index contributed by atoms with van der Waals surface area (Å²) in [6, 6.07) is 0. The molecular formula is C7H8O2. The molecule has 0 spiro atoms. The SMILES string of the molecule is O=C1C=CC=CC(O)C1. The van der Waals surface area contributed by atoms with E-state index in [2.05, 4.69) is 0 Å². The van der Waals surface area contributed by atoms with Crippen molar-refractivity contribution in [2.24, 2.45) is 0 Å². The first-order valence-corrected chi connectivity index (χ1v) is 2.85. The number of ketones is 1. The Labute approximate surface area is 53.5 Å². The van der Waals surface area contributed by atoms with Gasteiger partial charge in [-0.1, -0.05) is 18.2 Å². The van der Waals surface area contributed by atoms with E-state index in [-0.39, 0.29) is 12.2 Å². The smallest absolute Gasteiger partial charge is 0.158 e. The molecule has 0 bridgehead atoms. The largest absolute Gasteiger partial charge is 0.389 e. The fourth-order valence-corrected chi connectivity index (χ4v) is 0.697. The Hall–Kier alpha value is -0.890. The maximum atomic E-state index is 10.6. The summed E-state index contributed by atoms with van der Waals surface area (Å²) in [5.41, 5.74) is 0. The van der Waals surface area contributed by atoms with Crippen molar-refractivity contribution >= 4 is 5.78 Å². The van der Waals surface area contributed by atoms with Crippen molar-refractivity contribution in [3.8, 4) is 0 Å².